The lowest BCUT2D eigenvalue weighted by Gasteiger charge is -2.24. The average Bonchev–Trinajstić information content (AvgIpc) is 3.35. The molecule has 0 bridgehead atoms. The first-order valence-electron chi connectivity index (χ1n) is 21.3. The summed E-state index contributed by atoms with van der Waals surface area (Å²) in [5.74, 6) is 3.17. The lowest BCUT2D eigenvalue weighted by Crippen LogP contribution is -2.07. The maximum absolute atomic E-state index is 12.2. The van der Waals surface area contributed by atoms with E-state index in [1.165, 1.54) is 5.56 Å². The molecule has 0 radical (unpaired) electrons. The van der Waals surface area contributed by atoms with Gasteiger partial charge in [0.2, 0.25) is 0 Å². The van der Waals surface area contributed by atoms with Crippen molar-refractivity contribution in [1.82, 2.24) is 0 Å². The van der Waals surface area contributed by atoms with Crippen LogP contribution in [0.5, 0.6) is 28.7 Å². The Morgan fingerprint density at radius 2 is 0.923 bits per heavy atom. The van der Waals surface area contributed by atoms with Gasteiger partial charge in [-0.15, -0.1) is 0 Å². The number of ether oxygens (including phenoxy) is 2. The van der Waals surface area contributed by atoms with Gasteiger partial charge in [-0.2, -0.15) is 0 Å². The first kappa shape index (κ1) is 42.0. The second kappa shape index (κ2) is 19.4. The summed E-state index contributed by atoms with van der Waals surface area (Å²) in [6, 6.07) is 66.4. The third-order valence-electron chi connectivity index (χ3n) is 11.4. The standard InChI is InChI=1S/C56H44O7P2/c1-37-24-26-38(27-25-37)35-58-44-31-28-39(29-32-44)36-59-56(57)49-34-43-15-5-9-21-48(43)54(55(49)63-65-61-51-23-11-17-41-13-3-7-19-46(41)51)53-47-20-8-4-14-42(47)30-33-52(53)62-64-60-50-22-10-16-40-12-2-6-18-45(40)50/h2-34,56-57,64-65H,35-36H2,1H3. The third kappa shape index (κ3) is 9.33. The Morgan fingerprint density at radius 3 is 1.57 bits per heavy atom. The molecule has 0 saturated heterocycles. The molecule has 0 amide bonds. The van der Waals surface area contributed by atoms with Gasteiger partial charge in [0.25, 0.3) is 18.1 Å². The molecule has 65 heavy (non-hydrogen) atoms. The van der Waals surface area contributed by atoms with Crippen molar-refractivity contribution < 1.29 is 32.7 Å². The van der Waals surface area contributed by atoms with E-state index in [1.807, 2.05) is 133 Å². The molecule has 9 heteroatoms. The highest BCUT2D eigenvalue weighted by atomic mass is 31.1. The molecule has 0 fully saturated rings. The van der Waals surface area contributed by atoms with Gasteiger partial charge in [-0.1, -0.05) is 169 Å². The van der Waals surface area contributed by atoms with E-state index < -0.39 is 15.3 Å². The summed E-state index contributed by atoms with van der Waals surface area (Å²) >= 11 is 0. The first-order chi connectivity index (χ1) is 32.1. The predicted molar refractivity (Wildman–Crippen MR) is 266 cm³/mol. The van der Waals surface area contributed by atoms with Crippen LogP contribution in [0.25, 0.3) is 54.2 Å². The highest BCUT2D eigenvalue weighted by Gasteiger charge is 2.26. The zero-order chi connectivity index (χ0) is 44.0. The number of aryl methyl sites for hydroxylation is 1. The minimum atomic E-state index is -1.39. The largest absolute Gasteiger partial charge is 0.489 e. The monoisotopic (exact) mass is 890 g/mol. The van der Waals surface area contributed by atoms with Crippen LogP contribution in [0.15, 0.2) is 200 Å². The summed E-state index contributed by atoms with van der Waals surface area (Å²) in [6.07, 6.45) is -1.39. The topological polar surface area (TPSA) is 75.6 Å². The fraction of sp³-hybridized carbons (Fsp3) is 0.0714. The van der Waals surface area contributed by atoms with E-state index in [2.05, 4.69) is 73.7 Å². The fourth-order valence-corrected chi connectivity index (χ4v) is 9.25. The summed E-state index contributed by atoms with van der Waals surface area (Å²) in [5.41, 5.74) is 5.13. The van der Waals surface area contributed by atoms with Crippen molar-refractivity contribution in [2.75, 3.05) is 0 Å². The van der Waals surface area contributed by atoms with Gasteiger partial charge in [0, 0.05) is 21.9 Å². The molecule has 3 atom stereocenters. The second-order valence-corrected chi connectivity index (χ2v) is 16.8. The van der Waals surface area contributed by atoms with Crippen molar-refractivity contribution in [3.8, 4) is 39.9 Å². The average molecular weight is 891 g/mol. The van der Waals surface area contributed by atoms with E-state index in [0.717, 1.165) is 76.8 Å². The Balaban J connectivity index is 1.01. The molecule has 0 aliphatic rings. The molecule has 0 heterocycles. The number of aliphatic hydroxyl groups excluding tert-OH is 1. The Hall–Kier alpha value is -6.98. The Labute approximate surface area is 381 Å². The molecule has 1 N–H and O–H groups in total. The van der Waals surface area contributed by atoms with E-state index in [-0.39, 0.29) is 15.6 Å². The molecule has 10 aromatic rings. The van der Waals surface area contributed by atoms with Crippen LogP contribution in [0.3, 0.4) is 0 Å². The normalized spacial score (nSPS) is 12.2. The molecule has 0 saturated carbocycles. The number of benzene rings is 10. The molecule has 7 nitrogen and oxygen atoms in total. The summed E-state index contributed by atoms with van der Waals surface area (Å²) in [7, 11) is -0.855. The molecule has 320 valence electrons. The van der Waals surface area contributed by atoms with Gasteiger partial charge in [0.1, 0.15) is 35.4 Å². The fourth-order valence-electron chi connectivity index (χ4n) is 8.07. The van der Waals surface area contributed by atoms with Crippen molar-refractivity contribution in [3.05, 3.63) is 222 Å². The lowest BCUT2D eigenvalue weighted by molar-refractivity contribution is -0.112. The van der Waals surface area contributed by atoms with Crippen molar-refractivity contribution in [2.24, 2.45) is 0 Å². The first-order valence-corrected chi connectivity index (χ1v) is 23.0. The summed E-state index contributed by atoms with van der Waals surface area (Å²) in [5, 5.41) is 20.0. The number of aliphatic hydroxyl groups is 1. The highest BCUT2D eigenvalue weighted by Crippen LogP contribution is 2.51. The van der Waals surface area contributed by atoms with Gasteiger partial charge < -0.3 is 32.7 Å². The number of fused-ring (bicyclic) bond motifs is 4. The van der Waals surface area contributed by atoms with Crippen LogP contribution in [0.2, 0.25) is 0 Å². The van der Waals surface area contributed by atoms with Crippen molar-refractivity contribution in [2.45, 2.75) is 26.4 Å². The molecule has 10 aromatic carbocycles. The Morgan fingerprint density at radius 1 is 0.431 bits per heavy atom. The smallest absolute Gasteiger partial charge is 0.275 e. The summed E-state index contributed by atoms with van der Waals surface area (Å²) in [6.45, 7) is 2.67. The van der Waals surface area contributed by atoms with Crippen LogP contribution < -0.4 is 22.8 Å². The zero-order valence-electron chi connectivity index (χ0n) is 35.4. The SMILES string of the molecule is Cc1ccc(COc2ccc(COC(O)c3cc4ccccc4c(-c4c(OPOc5cccc6ccccc56)ccc5ccccc45)c3OPOc3cccc4ccccc34)cc2)cc1. The number of rotatable bonds is 16. The van der Waals surface area contributed by atoms with Gasteiger partial charge in [0.05, 0.1) is 12.2 Å². The second-order valence-electron chi connectivity index (χ2n) is 15.7. The van der Waals surface area contributed by atoms with Gasteiger partial charge >= 0.3 is 0 Å². The van der Waals surface area contributed by atoms with Gasteiger partial charge in [0.15, 0.2) is 6.29 Å². The highest BCUT2D eigenvalue weighted by molar-refractivity contribution is 7.27. The zero-order valence-corrected chi connectivity index (χ0v) is 37.4. The van der Waals surface area contributed by atoms with Crippen LogP contribution in [0.4, 0.5) is 0 Å². The maximum Gasteiger partial charge on any atom is 0.275 e. The summed E-state index contributed by atoms with van der Waals surface area (Å²) in [4.78, 5) is 0. The summed E-state index contributed by atoms with van der Waals surface area (Å²) < 4.78 is 38.7. The maximum atomic E-state index is 12.2. The third-order valence-corrected chi connectivity index (χ3v) is 12.6. The predicted octanol–water partition coefficient (Wildman–Crippen LogP) is 15.0. The minimum absolute atomic E-state index is 0.130. The van der Waals surface area contributed by atoms with E-state index in [4.69, 9.17) is 27.6 Å². The minimum Gasteiger partial charge on any atom is -0.489 e. The van der Waals surface area contributed by atoms with E-state index in [9.17, 15) is 5.11 Å². The van der Waals surface area contributed by atoms with Crippen molar-refractivity contribution in [1.29, 1.82) is 0 Å². The molecular formula is C56H44O7P2. The lowest BCUT2D eigenvalue weighted by atomic mass is 9.90. The Bertz CT molecular complexity index is 3250. The van der Waals surface area contributed by atoms with Crippen LogP contribution in [0.1, 0.15) is 28.5 Å². The number of hydrogen-bond acceptors (Lipinski definition) is 7. The van der Waals surface area contributed by atoms with Crippen LogP contribution >= 0.6 is 18.1 Å². The van der Waals surface area contributed by atoms with Gasteiger partial charge in [-0.25, -0.2) is 0 Å². The van der Waals surface area contributed by atoms with Crippen LogP contribution in [0, 0.1) is 6.92 Å². The molecular weight excluding hydrogens is 847 g/mol. The van der Waals surface area contributed by atoms with Gasteiger partial charge in [-0.05, 0) is 86.8 Å². The van der Waals surface area contributed by atoms with E-state index >= 15 is 0 Å². The van der Waals surface area contributed by atoms with E-state index in [1.54, 1.807) is 0 Å². The molecule has 0 aliphatic carbocycles. The molecule has 3 unspecified atom stereocenters. The molecule has 0 aromatic heterocycles. The van der Waals surface area contributed by atoms with Gasteiger partial charge in [-0.3, -0.25) is 0 Å². The van der Waals surface area contributed by atoms with Crippen molar-refractivity contribution >= 4 is 61.2 Å². The van der Waals surface area contributed by atoms with E-state index in [0.29, 0.717) is 29.4 Å². The molecule has 0 aliphatic heterocycles. The van der Waals surface area contributed by atoms with Crippen LogP contribution in [-0.2, 0) is 18.0 Å². The van der Waals surface area contributed by atoms with Crippen molar-refractivity contribution in [3.63, 3.8) is 0 Å². The quantitative estimate of drug-likeness (QED) is 0.0765. The van der Waals surface area contributed by atoms with Crippen LogP contribution in [-0.4, -0.2) is 5.11 Å². The number of hydrogen-bond donors (Lipinski definition) is 1. The molecule has 10 rings (SSSR count). The Kier molecular flexibility index (Phi) is 12.5. The molecule has 0 spiro atoms.